The van der Waals surface area contributed by atoms with Crippen molar-refractivity contribution in [2.24, 2.45) is 11.8 Å². The average molecular weight is 336 g/mol. The number of aldehydes is 2. The highest BCUT2D eigenvalue weighted by molar-refractivity contribution is 5.71. The van der Waals surface area contributed by atoms with Gasteiger partial charge in [-0.25, -0.2) is 0 Å². The van der Waals surface area contributed by atoms with E-state index < -0.39 is 0 Å². The molecule has 0 aliphatic carbocycles. The molecule has 0 N–H and O–H groups in total. The van der Waals surface area contributed by atoms with Gasteiger partial charge in [0.1, 0.15) is 12.6 Å². The number of nitrogens with zero attached hydrogens (tertiary/aromatic N) is 2. The maximum Gasteiger partial charge on any atom is 0.141 e. The summed E-state index contributed by atoms with van der Waals surface area (Å²) < 4.78 is 0. The number of rotatable bonds is 6. The van der Waals surface area contributed by atoms with E-state index in [1.54, 1.807) is 6.20 Å². The fourth-order valence-electron chi connectivity index (χ4n) is 3.63. The van der Waals surface area contributed by atoms with Crippen LogP contribution in [-0.4, -0.2) is 29.0 Å². The lowest BCUT2D eigenvalue weighted by Crippen LogP contribution is -2.31. The number of hydrogen-bond donors (Lipinski definition) is 0. The largest absolute Gasteiger partial charge is 0.303 e. The van der Waals surface area contributed by atoms with Crippen LogP contribution in [0.5, 0.6) is 0 Å². The summed E-state index contributed by atoms with van der Waals surface area (Å²) >= 11 is 0. The molecule has 1 aliphatic heterocycles. The maximum absolute atomic E-state index is 11.8. The fourth-order valence-corrected chi connectivity index (χ4v) is 3.63. The van der Waals surface area contributed by atoms with Crippen LogP contribution >= 0.6 is 0 Å². The Bertz CT molecular complexity index is 773. The number of fused-ring (bicyclic) bond motifs is 1. The number of aryl methyl sites for hydroxylation is 1. The van der Waals surface area contributed by atoms with Crippen molar-refractivity contribution >= 4 is 12.6 Å². The molecule has 0 saturated heterocycles. The van der Waals surface area contributed by atoms with Gasteiger partial charge in [0.05, 0.1) is 6.04 Å². The van der Waals surface area contributed by atoms with Gasteiger partial charge < -0.3 is 9.59 Å². The number of hydrogen-bond acceptors (Lipinski definition) is 4. The van der Waals surface area contributed by atoms with Crippen LogP contribution in [-0.2, 0) is 16.1 Å². The molecule has 1 aromatic carbocycles. The lowest BCUT2D eigenvalue weighted by atomic mass is 9.94. The molecule has 2 aromatic rings. The van der Waals surface area contributed by atoms with Crippen LogP contribution in [0, 0.1) is 18.8 Å². The predicted molar refractivity (Wildman–Crippen MR) is 98.0 cm³/mol. The highest BCUT2D eigenvalue weighted by Crippen LogP contribution is 2.38. The van der Waals surface area contributed by atoms with Crippen molar-refractivity contribution in [3.63, 3.8) is 0 Å². The minimum absolute atomic E-state index is 0.0111. The van der Waals surface area contributed by atoms with Crippen molar-refractivity contribution in [2.75, 3.05) is 6.54 Å². The van der Waals surface area contributed by atoms with Crippen molar-refractivity contribution in [1.82, 2.24) is 9.88 Å². The second-order valence-electron chi connectivity index (χ2n) is 7.09. The molecule has 3 unspecified atom stereocenters. The summed E-state index contributed by atoms with van der Waals surface area (Å²) in [4.78, 5) is 29.2. The first kappa shape index (κ1) is 17.5. The Labute approximate surface area is 148 Å². The first-order chi connectivity index (χ1) is 12.0. The van der Waals surface area contributed by atoms with Crippen molar-refractivity contribution in [3.8, 4) is 11.1 Å². The van der Waals surface area contributed by atoms with E-state index in [2.05, 4.69) is 35.9 Å². The zero-order chi connectivity index (χ0) is 18.0. The standard InChI is InChI=1S/C21H24N2O2/c1-14-7-18(17-5-4-6-22-9-17)8-19-11-23(20(13-25)21(14)19)10-15(2)16(3)12-24/h4-9,12-13,15-16,20H,10-11H2,1-3H3. The van der Waals surface area contributed by atoms with Crippen molar-refractivity contribution in [3.05, 3.63) is 53.3 Å². The quantitative estimate of drug-likeness (QED) is 0.757. The summed E-state index contributed by atoms with van der Waals surface area (Å²) in [7, 11) is 0. The topological polar surface area (TPSA) is 50.3 Å². The zero-order valence-corrected chi connectivity index (χ0v) is 15.0. The van der Waals surface area contributed by atoms with Gasteiger partial charge in [-0.1, -0.05) is 26.0 Å². The summed E-state index contributed by atoms with van der Waals surface area (Å²) in [6, 6.07) is 8.06. The molecule has 3 rings (SSSR count). The molecular weight excluding hydrogens is 312 g/mol. The lowest BCUT2D eigenvalue weighted by molar-refractivity contribution is -0.113. The van der Waals surface area contributed by atoms with E-state index in [-0.39, 0.29) is 17.9 Å². The molecule has 4 nitrogen and oxygen atoms in total. The molecule has 0 radical (unpaired) electrons. The lowest BCUT2D eigenvalue weighted by Gasteiger charge is -2.26. The third-order valence-corrected chi connectivity index (χ3v) is 5.29. The minimum Gasteiger partial charge on any atom is -0.303 e. The van der Waals surface area contributed by atoms with Gasteiger partial charge in [-0.05, 0) is 47.2 Å². The molecule has 0 amide bonds. The molecule has 25 heavy (non-hydrogen) atoms. The molecule has 3 atom stereocenters. The number of carbonyl (C=O) groups excluding carboxylic acids is 2. The third-order valence-electron chi connectivity index (χ3n) is 5.29. The monoisotopic (exact) mass is 336 g/mol. The van der Waals surface area contributed by atoms with E-state index in [1.807, 2.05) is 25.3 Å². The maximum atomic E-state index is 11.8. The van der Waals surface area contributed by atoms with Crippen LogP contribution < -0.4 is 0 Å². The van der Waals surface area contributed by atoms with Crippen LogP contribution in [0.3, 0.4) is 0 Å². The van der Waals surface area contributed by atoms with Gasteiger partial charge in [0, 0.05) is 37.0 Å². The van der Waals surface area contributed by atoms with Gasteiger partial charge in [0.2, 0.25) is 0 Å². The van der Waals surface area contributed by atoms with E-state index in [0.29, 0.717) is 0 Å². The first-order valence-electron chi connectivity index (χ1n) is 8.73. The summed E-state index contributed by atoms with van der Waals surface area (Å²) in [6.07, 6.45) is 5.65. The van der Waals surface area contributed by atoms with Crippen LogP contribution in [0.15, 0.2) is 36.7 Å². The van der Waals surface area contributed by atoms with E-state index in [0.717, 1.165) is 47.9 Å². The zero-order valence-electron chi connectivity index (χ0n) is 15.0. The summed E-state index contributed by atoms with van der Waals surface area (Å²) in [6.45, 7) is 7.54. The Balaban J connectivity index is 1.92. The number of aromatic nitrogens is 1. The summed E-state index contributed by atoms with van der Waals surface area (Å²) in [5.74, 6) is 0.204. The van der Waals surface area contributed by atoms with Gasteiger partial charge in [-0.2, -0.15) is 0 Å². The molecule has 4 heteroatoms. The number of carbonyl (C=O) groups is 2. The Kier molecular flexibility index (Phi) is 5.09. The van der Waals surface area contributed by atoms with Crippen molar-refractivity contribution in [2.45, 2.75) is 33.4 Å². The van der Waals surface area contributed by atoms with Crippen LogP contribution in [0.4, 0.5) is 0 Å². The molecule has 0 saturated carbocycles. The molecule has 1 aromatic heterocycles. The number of benzene rings is 1. The predicted octanol–water partition coefficient (Wildman–Crippen LogP) is 3.58. The smallest absolute Gasteiger partial charge is 0.141 e. The molecule has 0 spiro atoms. The van der Waals surface area contributed by atoms with Crippen molar-refractivity contribution < 1.29 is 9.59 Å². The van der Waals surface area contributed by atoms with E-state index >= 15 is 0 Å². The van der Waals surface area contributed by atoms with Crippen LogP contribution in [0.25, 0.3) is 11.1 Å². The van der Waals surface area contributed by atoms with Crippen molar-refractivity contribution in [1.29, 1.82) is 0 Å². The minimum atomic E-state index is -0.223. The Morgan fingerprint density at radius 1 is 1.28 bits per heavy atom. The number of pyridine rings is 1. The van der Waals surface area contributed by atoms with E-state index in [9.17, 15) is 9.59 Å². The Morgan fingerprint density at radius 3 is 2.72 bits per heavy atom. The molecule has 0 fully saturated rings. The van der Waals surface area contributed by atoms with Gasteiger partial charge in [0.25, 0.3) is 0 Å². The molecule has 1 aliphatic rings. The van der Waals surface area contributed by atoms with Crippen LogP contribution in [0.1, 0.15) is 36.6 Å². The van der Waals surface area contributed by atoms with Crippen LogP contribution in [0.2, 0.25) is 0 Å². The first-order valence-corrected chi connectivity index (χ1v) is 8.73. The van der Waals surface area contributed by atoms with E-state index in [1.165, 1.54) is 5.56 Å². The fraction of sp³-hybridized carbons (Fsp3) is 0.381. The van der Waals surface area contributed by atoms with Gasteiger partial charge in [0.15, 0.2) is 0 Å². The second kappa shape index (κ2) is 7.28. The second-order valence-corrected chi connectivity index (χ2v) is 7.09. The normalized spacial score (nSPS) is 19.2. The summed E-state index contributed by atoms with van der Waals surface area (Å²) in [5, 5.41) is 0. The molecule has 130 valence electrons. The average Bonchev–Trinajstić information content (AvgIpc) is 2.99. The Morgan fingerprint density at radius 2 is 2.08 bits per heavy atom. The molecular formula is C21H24N2O2. The third kappa shape index (κ3) is 3.40. The van der Waals surface area contributed by atoms with Gasteiger partial charge in [-0.3, -0.25) is 9.88 Å². The summed E-state index contributed by atoms with van der Waals surface area (Å²) in [5.41, 5.74) is 5.66. The SMILES string of the molecule is Cc1cc(-c2cccnc2)cc2c1C(C=O)N(CC(C)C(C)C=O)C2. The molecule has 0 bridgehead atoms. The van der Waals surface area contributed by atoms with Gasteiger partial charge >= 0.3 is 0 Å². The highest BCUT2D eigenvalue weighted by atomic mass is 16.1. The molecule has 2 heterocycles. The van der Waals surface area contributed by atoms with E-state index in [4.69, 9.17) is 0 Å². The van der Waals surface area contributed by atoms with Gasteiger partial charge in [-0.15, -0.1) is 0 Å². The highest BCUT2D eigenvalue weighted by Gasteiger charge is 2.33. The Hall–Kier alpha value is -2.33.